The van der Waals surface area contributed by atoms with E-state index in [0.29, 0.717) is 11.4 Å². The summed E-state index contributed by atoms with van der Waals surface area (Å²) in [4.78, 5) is 7.94. The van der Waals surface area contributed by atoms with Crippen molar-refractivity contribution >= 4 is 55.0 Å². The van der Waals surface area contributed by atoms with Crippen LogP contribution in [0, 0.1) is 40.8 Å². The maximum atomic E-state index is 8.58. The van der Waals surface area contributed by atoms with Crippen molar-refractivity contribution in [3.8, 4) is 44.8 Å². The van der Waals surface area contributed by atoms with E-state index >= 15 is 0 Å². The molecule has 0 atom stereocenters. The molecule has 0 amide bonds. The molecule has 10 aromatic rings. The summed E-state index contributed by atoms with van der Waals surface area (Å²) in [6.45, 7) is 25.0. The van der Waals surface area contributed by atoms with E-state index in [-0.39, 0.29) is 0 Å². The van der Waals surface area contributed by atoms with Crippen molar-refractivity contribution in [3.63, 3.8) is 0 Å². The first-order valence-corrected chi connectivity index (χ1v) is 19.6. The molecule has 0 N–H and O–H groups in total. The molecule has 10 rings (SSSR count). The molecule has 0 radical (unpaired) electrons. The van der Waals surface area contributed by atoms with E-state index in [1.54, 1.807) is 0 Å². The van der Waals surface area contributed by atoms with Crippen LogP contribution in [0.25, 0.3) is 98.1 Å². The lowest BCUT2D eigenvalue weighted by Gasteiger charge is -2.20. The molecule has 0 aliphatic rings. The minimum atomic E-state index is 0.522. The molecular formula is C54H38N4. The smallest absolute Gasteiger partial charge is 0.197 e. The Morgan fingerprint density at radius 2 is 0.879 bits per heavy atom. The van der Waals surface area contributed by atoms with Gasteiger partial charge in [-0.1, -0.05) is 126 Å². The Balaban J connectivity index is 1.36. The number of fused-ring (bicyclic) bond motifs is 6. The van der Waals surface area contributed by atoms with E-state index in [1.165, 1.54) is 33.4 Å². The van der Waals surface area contributed by atoms with Crippen molar-refractivity contribution in [2.24, 2.45) is 0 Å². The SMILES string of the molecule is [C-]#[N+]c1cccc(-c2cc(-n3c4ccccc4c4ccc(-c5ccc(C)cc5C)cc43)c(-n3c4ccccc4c4ccc(-c5ccc(C)cc5C)cc43)cc2[N+]#[C-])c1. The van der Waals surface area contributed by atoms with Crippen molar-refractivity contribution in [1.82, 2.24) is 9.13 Å². The largest absolute Gasteiger partial charge is 0.308 e. The predicted molar refractivity (Wildman–Crippen MR) is 243 cm³/mol. The van der Waals surface area contributed by atoms with E-state index < -0.39 is 0 Å². The third-order valence-electron chi connectivity index (χ3n) is 11.7. The van der Waals surface area contributed by atoms with Gasteiger partial charge < -0.3 is 9.13 Å². The molecule has 0 unspecified atom stereocenters. The number of para-hydroxylation sites is 2. The first kappa shape index (κ1) is 34.8. The summed E-state index contributed by atoms with van der Waals surface area (Å²) in [7, 11) is 0. The number of aryl methyl sites for hydroxylation is 4. The molecule has 58 heavy (non-hydrogen) atoms. The molecule has 2 heterocycles. The summed E-state index contributed by atoms with van der Waals surface area (Å²) in [5.74, 6) is 0. The molecule has 0 bridgehead atoms. The van der Waals surface area contributed by atoms with Gasteiger partial charge in [-0.25, -0.2) is 9.69 Å². The highest BCUT2D eigenvalue weighted by Crippen LogP contribution is 2.45. The van der Waals surface area contributed by atoms with E-state index in [4.69, 9.17) is 13.1 Å². The predicted octanol–water partition coefficient (Wildman–Crippen LogP) is 15.2. The zero-order chi connectivity index (χ0) is 39.7. The fraction of sp³-hybridized carbons (Fsp3) is 0.0741. The average Bonchev–Trinajstić information content (AvgIpc) is 3.75. The maximum absolute atomic E-state index is 8.58. The monoisotopic (exact) mass is 742 g/mol. The Kier molecular flexibility index (Phi) is 8.11. The van der Waals surface area contributed by atoms with Gasteiger partial charge in [0, 0.05) is 21.5 Å². The highest BCUT2D eigenvalue weighted by atomic mass is 15.1. The van der Waals surface area contributed by atoms with E-state index in [2.05, 4.69) is 180 Å². The number of aromatic nitrogens is 2. The molecule has 0 saturated carbocycles. The van der Waals surface area contributed by atoms with Crippen molar-refractivity contribution in [1.29, 1.82) is 0 Å². The van der Waals surface area contributed by atoms with Gasteiger partial charge >= 0.3 is 0 Å². The minimum absolute atomic E-state index is 0.522. The third-order valence-corrected chi connectivity index (χ3v) is 11.7. The third kappa shape index (κ3) is 5.50. The molecule has 274 valence electrons. The lowest BCUT2D eigenvalue weighted by atomic mass is 9.97. The maximum Gasteiger partial charge on any atom is 0.197 e. The Bertz CT molecular complexity index is 3410. The van der Waals surface area contributed by atoms with Crippen molar-refractivity contribution in [2.45, 2.75) is 27.7 Å². The van der Waals surface area contributed by atoms with Crippen LogP contribution in [0.2, 0.25) is 0 Å². The molecule has 0 aliphatic carbocycles. The van der Waals surface area contributed by atoms with Gasteiger partial charge in [-0.3, -0.25) is 0 Å². The van der Waals surface area contributed by atoms with Crippen LogP contribution in [0.5, 0.6) is 0 Å². The fourth-order valence-electron chi connectivity index (χ4n) is 9.06. The van der Waals surface area contributed by atoms with Gasteiger partial charge in [-0.2, -0.15) is 0 Å². The summed E-state index contributed by atoms with van der Waals surface area (Å²) in [6, 6.07) is 55.9. The summed E-state index contributed by atoms with van der Waals surface area (Å²) in [6.07, 6.45) is 0. The number of hydrogen-bond donors (Lipinski definition) is 0. The standard InChI is InChI=1S/C54H38N4/c1-33-18-22-41(35(3)26-33)38-20-24-45-43-14-7-9-16-49(43)57(51(45)29-38)53-31-47(37-12-11-13-40(28-37)55-5)48(56-6)32-54(53)58-50-17-10-8-15-44(50)46-25-21-39(30-52(46)58)42-23-19-34(2)27-36(42)4/h7-32H,1-4H3. The van der Waals surface area contributed by atoms with Crippen LogP contribution in [-0.2, 0) is 0 Å². The second kappa shape index (κ2) is 13.5. The Morgan fingerprint density at radius 1 is 0.379 bits per heavy atom. The molecule has 0 fully saturated rings. The van der Waals surface area contributed by atoms with Gasteiger partial charge in [0.25, 0.3) is 0 Å². The Hall–Kier alpha value is -7.66. The highest BCUT2D eigenvalue weighted by Gasteiger charge is 2.23. The van der Waals surface area contributed by atoms with Crippen LogP contribution in [-0.4, -0.2) is 9.13 Å². The zero-order valence-corrected chi connectivity index (χ0v) is 32.8. The van der Waals surface area contributed by atoms with Crippen LogP contribution in [0.3, 0.4) is 0 Å². The Labute approximate surface area is 338 Å². The molecule has 2 aromatic heterocycles. The minimum Gasteiger partial charge on any atom is -0.308 e. The molecule has 0 saturated heterocycles. The lowest BCUT2D eigenvalue weighted by molar-refractivity contribution is 1.10. The van der Waals surface area contributed by atoms with E-state index in [0.717, 1.165) is 77.2 Å². The zero-order valence-electron chi connectivity index (χ0n) is 32.8. The summed E-state index contributed by atoms with van der Waals surface area (Å²) < 4.78 is 4.74. The fourth-order valence-corrected chi connectivity index (χ4v) is 9.06. The normalized spacial score (nSPS) is 11.4. The average molecular weight is 743 g/mol. The first-order valence-electron chi connectivity index (χ1n) is 19.6. The second-order valence-corrected chi connectivity index (χ2v) is 15.4. The van der Waals surface area contributed by atoms with Gasteiger partial charge in [0.15, 0.2) is 11.4 Å². The van der Waals surface area contributed by atoms with E-state index in [1.807, 2.05) is 24.3 Å². The van der Waals surface area contributed by atoms with Crippen molar-refractivity contribution in [2.75, 3.05) is 0 Å². The molecule has 0 aliphatic heterocycles. The van der Waals surface area contributed by atoms with Crippen LogP contribution >= 0.6 is 0 Å². The van der Waals surface area contributed by atoms with Gasteiger partial charge in [-0.05, 0) is 115 Å². The van der Waals surface area contributed by atoms with Crippen LogP contribution in [0.4, 0.5) is 11.4 Å². The molecular weight excluding hydrogens is 705 g/mol. The summed E-state index contributed by atoms with van der Waals surface area (Å²) in [5, 5.41) is 4.60. The van der Waals surface area contributed by atoms with Gasteiger partial charge in [0.2, 0.25) is 0 Å². The van der Waals surface area contributed by atoms with E-state index in [9.17, 15) is 0 Å². The molecule has 8 aromatic carbocycles. The Morgan fingerprint density at radius 3 is 1.40 bits per heavy atom. The molecule has 4 heteroatoms. The quantitative estimate of drug-likeness (QED) is 0.156. The number of rotatable bonds is 5. The van der Waals surface area contributed by atoms with Crippen LogP contribution in [0.1, 0.15) is 22.3 Å². The lowest BCUT2D eigenvalue weighted by Crippen LogP contribution is -2.04. The number of benzene rings is 8. The number of nitrogens with zero attached hydrogens (tertiary/aromatic N) is 4. The van der Waals surface area contributed by atoms with Gasteiger partial charge in [0.1, 0.15) is 0 Å². The topological polar surface area (TPSA) is 18.6 Å². The van der Waals surface area contributed by atoms with Crippen LogP contribution in [0.15, 0.2) is 158 Å². The van der Waals surface area contributed by atoms with Gasteiger partial charge in [-0.15, -0.1) is 0 Å². The van der Waals surface area contributed by atoms with Crippen molar-refractivity contribution in [3.05, 3.63) is 203 Å². The molecule has 4 nitrogen and oxygen atoms in total. The van der Waals surface area contributed by atoms with Gasteiger partial charge in [0.05, 0.1) is 46.6 Å². The van der Waals surface area contributed by atoms with Crippen LogP contribution < -0.4 is 0 Å². The summed E-state index contributed by atoms with van der Waals surface area (Å²) in [5.41, 5.74) is 18.4. The van der Waals surface area contributed by atoms with Crippen molar-refractivity contribution < 1.29 is 0 Å². The number of hydrogen-bond acceptors (Lipinski definition) is 0. The second-order valence-electron chi connectivity index (χ2n) is 15.4. The highest BCUT2D eigenvalue weighted by molar-refractivity contribution is 6.13. The summed E-state index contributed by atoms with van der Waals surface area (Å²) >= 11 is 0. The molecule has 0 spiro atoms. The first-order chi connectivity index (χ1) is 28.3.